The molecule has 12 heteroatoms. The fourth-order valence-electron chi connectivity index (χ4n) is 2.55. The van der Waals surface area contributed by atoms with Crippen LogP contribution in [0.15, 0.2) is 47.8 Å². The maximum atomic E-state index is 13.4. The molecule has 0 aliphatic heterocycles. The van der Waals surface area contributed by atoms with Crippen molar-refractivity contribution in [3.05, 3.63) is 70.5 Å². The van der Waals surface area contributed by atoms with Crippen LogP contribution >= 0.6 is 23.8 Å². The molecule has 0 saturated heterocycles. The largest absolute Gasteiger partial charge is 0.416 e. The van der Waals surface area contributed by atoms with Gasteiger partial charge in [0.25, 0.3) is 5.91 Å². The van der Waals surface area contributed by atoms with Crippen molar-refractivity contribution in [2.45, 2.75) is 12.6 Å². The van der Waals surface area contributed by atoms with E-state index in [9.17, 15) is 22.4 Å². The molecule has 0 saturated carbocycles. The van der Waals surface area contributed by atoms with Crippen LogP contribution in [0.5, 0.6) is 0 Å². The highest BCUT2D eigenvalue weighted by atomic mass is 32.1. The Bertz CT molecular complexity index is 1060. The predicted molar refractivity (Wildman–Crippen MR) is 114 cm³/mol. The molecule has 0 bridgehead atoms. The second kappa shape index (κ2) is 9.79. The molecule has 0 aliphatic rings. The van der Waals surface area contributed by atoms with Crippen LogP contribution in [-0.4, -0.2) is 27.2 Å². The monoisotopic (exact) mass is 469 g/mol. The second-order valence-electron chi connectivity index (χ2n) is 6.30. The van der Waals surface area contributed by atoms with Crippen LogP contribution in [0.1, 0.15) is 21.6 Å². The number of benzene rings is 2. The minimum Gasteiger partial charge on any atom is -0.362 e. The average Bonchev–Trinajstić information content (AvgIpc) is 3.23. The van der Waals surface area contributed by atoms with E-state index < -0.39 is 17.6 Å². The molecule has 2 aromatic carbocycles. The fraction of sp³-hybridized carbons (Fsp3) is 0.158. The lowest BCUT2D eigenvalue weighted by atomic mass is 10.1. The summed E-state index contributed by atoms with van der Waals surface area (Å²) in [6.45, 7) is 0.211. The minimum atomic E-state index is -4.61. The quantitative estimate of drug-likeness (QED) is 0.365. The number of alkyl halides is 3. The third kappa shape index (κ3) is 6.69. The van der Waals surface area contributed by atoms with Gasteiger partial charge in [0.05, 0.1) is 5.56 Å². The topological polar surface area (TPSA) is 78.9 Å². The number of hydrogen-bond donors (Lipinski definition) is 3. The van der Waals surface area contributed by atoms with Gasteiger partial charge in [-0.1, -0.05) is 4.49 Å². The number of aromatic nitrogens is 2. The number of halogens is 4. The van der Waals surface area contributed by atoms with Gasteiger partial charge in [0.15, 0.2) is 10.8 Å². The van der Waals surface area contributed by atoms with E-state index in [1.54, 1.807) is 24.3 Å². The van der Waals surface area contributed by atoms with Crippen LogP contribution in [0, 0.1) is 5.82 Å². The van der Waals surface area contributed by atoms with Gasteiger partial charge < -0.3 is 16.0 Å². The van der Waals surface area contributed by atoms with Gasteiger partial charge in [0.1, 0.15) is 5.82 Å². The first-order chi connectivity index (χ1) is 14.7. The summed E-state index contributed by atoms with van der Waals surface area (Å²) in [4.78, 5) is 11.9. The number of rotatable bonds is 6. The van der Waals surface area contributed by atoms with Gasteiger partial charge in [0.2, 0.25) is 0 Å². The third-order valence-corrected chi connectivity index (χ3v) is 4.73. The molecule has 1 amide bonds. The summed E-state index contributed by atoms with van der Waals surface area (Å²) in [6.07, 6.45) is -4.46. The normalized spacial score (nSPS) is 11.1. The van der Waals surface area contributed by atoms with Crippen molar-refractivity contribution in [3.63, 3.8) is 0 Å². The molecule has 0 unspecified atom stereocenters. The number of thiocarbonyl (C=S) groups is 1. The first-order valence-electron chi connectivity index (χ1n) is 8.81. The summed E-state index contributed by atoms with van der Waals surface area (Å²) in [5.41, 5.74) is 0.586. The molecule has 3 N–H and O–H groups in total. The Balaban J connectivity index is 1.48. The van der Waals surface area contributed by atoms with Crippen molar-refractivity contribution in [2.75, 3.05) is 17.2 Å². The van der Waals surface area contributed by atoms with Gasteiger partial charge in [-0.3, -0.25) is 4.79 Å². The number of amides is 1. The average molecular weight is 469 g/mol. The van der Waals surface area contributed by atoms with Crippen molar-refractivity contribution in [2.24, 2.45) is 0 Å². The summed E-state index contributed by atoms with van der Waals surface area (Å²) in [5, 5.41) is 13.9. The van der Waals surface area contributed by atoms with E-state index in [1.807, 2.05) is 0 Å². The molecular formula is C19H15F4N5OS2. The van der Waals surface area contributed by atoms with Crippen LogP contribution in [0.25, 0.3) is 0 Å². The maximum absolute atomic E-state index is 13.4. The van der Waals surface area contributed by atoms with Gasteiger partial charge in [-0.05, 0) is 78.2 Å². The smallest absolute Gasteiger partial charge is 0.362 e. The Morgan fingerprint density at radius 1 is 1.06 bits per heavy atom. The van der Waals surface area contributed by atoms with E-state index in [0.717, 1.165) is 23.7 Å². The number of nitrogens with zero attached hydrogens (tertiary/aromatic N) is 2. The minimum absolute atomic E-state index is 0.152. The van der Waals surface area contributed by atoms with Gasteiger partial charge in [-0.15, -0.1) is 5.10 Å². The van der Waals surface area contributed by atoms with E-state index in [2.05, 4.69) is 25.5 Å². The zero-order chi connectivity index (χ0) is 22.4. The first-order valence-corrected chi connectivity index (χ1v) is 10.1. The summed E-state index contributed by atoms with van der Waals surface area (Å²) in [5.74, 6) is -1.32. The van der Waals surface area contributed by atoms with Crippen LogP contribution < -0.4 is 16.0 Å². The number of anilines is 2. The van der Waals surface area contributed by atoms with E-state index in [-0.39, 0.29) is 35.2 Å². The lowest BCUT2D eigenvalue weighted by Crippen LogP contribution is -2.30. The Morgan fingerprint density at radius 2 is 1.74 bits per heavy atom. The molecular weight excluding hydrogens is 454 g/mol. The zero-order valence-corrected chi connectivity index (χ0v) is 17.3. The van der Waals surface area contributed by atoms with Gasteiger partial charge in [-0.25, -0.2) is 4.39 Å². The number of nitrogens with one attached hydrogen (secondary N) is 3. The molecule has 162 valence electrons. The summed E-state index contributed by atoms with van der Waals surface area (Å²) in [6, 6.07) is 9.12. The molecule has 3 aromatic rings. The van der Waals surface area contributed by atoms with Crippen LogP contribution in [0.2, 0.25) is 0 Å². The SMILES string of the molecule is O=C(Nc1ccc(NC(=S)NCCc2cc(F)cc(C(F)(F)F)c2)cc1)c1csnn1. The molecule has 0 fully saturated rings. The summed E-state index contributed by atoms with van der Waals surface area (Å²) in [7, 11) is 0. The van der Waals surface area contributed by atoms with Crippen molar-refractivity contribution in [1.82, 2.24) is 14.9 Å². The predicted octanol–water partition coefficient (Wildman–Crippen LogP) is 4.48. The van der Waals surface area contributed by atoms with Gasteiger partial charge in [-0.2, -0.15) is 13.2 Å². The summed E-state index contributed by atoms with van der Waals surface area (Å²) >= 11 is 6.23. The molecule has 31 heavy (non-hydrogen) atoms. The fourth-order valence-corrected chi connectivity index (χ4v) is 3.21. The number of carbonyl (C=O) groups is 1. The molecule has 0 radical (unpaired) electrons. The highest BCUT2D eigenvalue weighted by Gasteiger charge is 2.31. The molecule has 0 aliphatic carbocycles. The Hall–Kier alpha value is -3.12. The molecule has 1 heterocycles. The zero-order valence-electron chi connectivity index (χ0n) is 15.7. The Labute approximate surface area is 183 Å². The lowest BCUT2D eigenvalue weighted by Gasteiger charge is -2.12. The van der Waals surface area contributed by atoms with Crippen molar-refractivity contribution in [1.29, 1.82) is 0 Å². The molecule has 6 nitrogen and oxygen atoms in total. The molecule has 1 aromatic heterocycles. The van der Waals surface area contributed by atoms with Gasteiger partial charge >= 0.3 is 6.18 Å². The van der Waals surface area contributed by atoms with Crippen molar-refractivity contribution < 1.29 is 22.4 Å². The molecule has 0 spiro atoms. The standard InChI is InChI=1S/C19H15F4N5OS2/c20-13-8-11(7-12(9-13)19(21,22)23)5-6-24-18(30)26-15-3-1-14(2-4-15)25-17(29)16-10-31-28-27-16/h1-4,7-10H,5-6H2,(H,25,29)(H2,24,26,30). The second-order valence-corrected chi connectivity index (χ2v) is 7.32. The van der Waals surface area contributed by atoms with Crippen LogP contribution in [-0.2, 0) is 12.6 Å². The molecule has 0 atom stereocenters. The van der Waals surface area contributed by atoms with Crippen molar-refractivity contribution >= 4 is 46.1 Å². The highest BCUT2D eigenvalue weighted by Crippen LogP contribution is 2.30. The van der Waals surface area contributed by atoms with Gasteiger partial charge in [0, 0.05) is 23.3 Å². The summed E-state index contributed by atoms with van der Waals surface area (Å²) < 4.78 is 55.4. The maximum Gasteiger partial charge on any atom is 0.416 e. The Kier molecular flexibility index (Phi) is 7.13. The Morgan fingerprint density at radius 3 is 2.35 bits per heavy atom. The van der Waals surface area contributed by atoms with E-state index in [1.165, 1.54) is 5.38 Å². The molecule has 3 rings (SSSR count). The lowest BCUT2D eigenvalue weighted by molar-refractivity contribution is -0.137. The van der Waals surface area contributed by atoms with E-state index in [0.29, 0.717) is 17.4 Å². The van der Waals surface area contributed by atoms with E-state index in [4.69, 9.17) is 12.2 Å². The first kappa shape index (κ1) is 22.6. The van der Waals surface area contributed by atoms with Crippen LogP contribution in [0.3, 0.4) is 0 Å². The van der Waals surface area contributed by atoms with Crippen LogP contribution in [0.4, 0.5) is 28.9 Å². The number of hydrogen-bond acceptors (Lipinski definition) is 5. The third-order valence-electron chi connectivity index (χ3n) is 3.98. The number of carbonyl (C=O) groups excluding carboxylic acids is 1. The van der Waals surface area contributed by atoms with E-state index >= 15 is 0 Å². The highest BCUT2D eigenvalue weighted by molar-refractivity contribution is 7.80. The van der Waals surface area contributed by atoms with Crippen molar-refractivity contribution in [3.8, 4) is 0 Å².